The fourth-order valence-electron chi connectivity index (χ4n) is 3.43. The predicted octanol–water partition coefficient (Wildman–Crippen LogP) is 2.17. The van der Waals surface area contributed by atoms with Gasteiger partial charge in [-0.3, -0.25) is 4.79 Å². The molecule has 3 nitrogen and oxygen atoms in total. The summed E-state index contributed by atoms with van der Waals surface area (Å²) < 4.78 is 0. The Hall–Kier alpha value is -0.570. The van der Waals surface area contributed by atoms with Crippen molar-refractivity contribution in [3.05, 3.63) is 0 Å². The van der Waals surface area contributed by atoms with Crippen LogP contribution < -0.4 is 5.32 Å². The maximum Gasteiger partial charge on any atom is 0.223 e. The van der Waals surface area contributed by atoms with E-state index in [0.29, 0.717) is 23.9 Å². The molecule has 2 aliphatic heterocycles. The Kier molecular flexibility index (Phi) is 4.43. The van der Waals surface area contributed by atoms with E-state index in [1.165, 1.54) is 25.7 Å². The van der Waals surface area contributed by atoms with Gasteiger partial charge in [0.1, 0.15) is 0 Å². The second kappa shape index (κ2) is 5.85. The van der Waals surface area contributed by atoms with E-state index in [2.05, 4.69) is 24.1 Å². The number of rotatable bonds is 5. The van der Waals surface area contributed by atoms with Crippen molar-refractivity contribution >= 4 is 5.91 Å². The molecule has 2 fully saturated rings. The average molecular weight is 238 g/mol. The SMILES string of the molecule is CCCCCCC(=O)N1C(C)CC2CNCC21. The Balaban J connectivity index is 1.81. The van der Waals surface area contributed by atoms with Gasteiger partial charge >= 0.3 is 0 Å². The molecule has 0 aliphatic carbocycles. The van der Waals surface area contributed by atoms with Crippen LogP contribution in [0.2, 0.25) is 0 Å². The topological polar surface area (TPSA) is 32.3 Å². The Morgan fingerprint density at radius 3 is 2.88 bits per heavy atom. The van der Waals surface area contributed by atoms with Crippen molar-refractivity contribution in [1.82, 2.24) is 10.2 Å². The number of likely N-dealkylation sites (tertiary alicyclic amines) is 1. The third kappa shape index (κ3) is 2.82. The number of nitrogens with one attached hydrogen (secondary N) is 1. The number of carbonyl (C=O) groups excluding carboxylic acids is 1. The molecular weight excluding hydrogens is 212 g/mol. The van der Waals surface area contributed by atoms with Gasteiger partial charge in [-0.2, -0.15) is 0 Å². The van der Waals surface area contributed by atoms with Crippen molar-refractivity contribution in [2.24, 2.45) is 5.92 Å². The molecule has 17 heavy (non-hydrogen) atoms. The van der Waals surface area contributed by atoms with Gasteiger partial charge in [-0.1, -0.05) is 26.2 Å². The molecule has 0 aromatic heterocycles. The number of hydrogen-bond acceptors (Lipinski definition) is 2. The molecule has 0 radical (unpaired) electrons. The molecule has 98 valence electrons. The first kappa shape index (κ1) is 12.9. The molecule has 2 aliphatic rings. The normalized spacial score (nSPS) is 31.9. The Morgan fingerprint density at radius 1 is 1.29 bits per heavy atom. The highest BCUT2D eigenvalue weighted by Crippen LogP contribution is 2.32. The summed E-state index contributed by atoms with van der Waals surface area (Å²) in [5, 5.41) is 3.41. The molecule has 3 heteroatoms. The van der Waals surface area contributed by atoms with Crippen LogP contribution in [0.4, 0.5) is 0 Å². The molecule has 3 unspecified atom stereocenters. The Morgan fingerprint density at radius 2 is 2.12 bits per heavy atom. The van der Waals surface area contributed by atoms with E-state index >= 15 is 0 Å². The lowest BCUT2D eigenvalue weighted by molar-refractivity contribution is -0.133. The lowest BCUT2D eigenvalue weighted by Crippen LogP contribution is -2.42. The number of carbonyl (C=O) groups is 1. The van der Waals surface area contributed by atoms with Crippen LogP contribution in [0.5, 0.6) is 0 Å². The van der Waals surface area contributed by atoms with Gasteiger partial charge in [0.2, 0.25) is 5.91 Å². The fraction of sp³-hybridized carbons (Fsp3) is 0.929. The number of amides is 1. The maximum absolute atomic E-state index is 12.3. The second-order valence-corrected chi connectivity index (χ2v) is 5.68. The number of nitrogens with zero attached hydrogens (tertiary/aromatic N) is 1. The van der Waals surface area contributed by atoms with E-state index in [0.717, 1.165) is 25.9 Å². The third-order valence-electron chi connectivity index (χ3n) is 4.31. The molecule has 0 saturated carbocycles. The van der Waals surface area contributed by atoms with Crippen molar-refractivity contribution < 1.29 is 4.79 Å². The highest BCUT2D eigenvalue weighted by atomic mass is 16.2. The van der Waals surface area contributed by atoms with Crippen molar-refractivity contribution in [3.8, 4) is 0 Å². The van der Waals surface area contributed by atoms with E-state index in [1.54, 1.807) is 0 Å². The van der Waals surface area contributed by atoms with Gasteiger partial charge in [-0.05, 0) is 25.7 Å². The Bertz CT molecular complexity index is 267. The highest BCUT2D eigenvalue weighted by molar-refractivity contribution is 5.77. The lowest BCUT2D eigenvalue weighted by Gasteiger charge is -2.27. The van der Waals surface area contributed by atoms with Crippen LogP contribution >= 0.6 is 0 Å². The van der Waals surface area contributed by atoms with Gasteiger partial charge in [0.15, 0.2) is 0 Å². The third-order valence-corrected chi connectivity index (χ3v) is 4.31. The molecular formula is C14H26N2O. The summed E-state index contributed by atoms with van der Waals surface area (Å²) >= 11 is 0. The van der Waals surface area contributed by atoms with Crippen LogP contribution in [-0.4, -0.2) is 36.0 Å². The monoisotopic (exact) mass is 238 g/mol. The standard InChI is InChI=1S/C14H26N2O/c1-3-4-5-6-7-14(17)16-11(2)8-12-9-15-10-13(12)16/h11-13,15H,3-10H2,1-2H3. The van der Waals surface area contributed by atoms with E-state index in [9.17, 15) is 4.79 Å². The zero-order chi connectivity index (χ0) is 12.3. The first-order chi connectivity index (χ1) is 8.24. The Labute approximate surface area is 105 Å². The number of fused-ring (bicyclic) bond motifs is 1. The summed E-state index contributed by atoms with van der Waals surface area (Å²) in [6.07, 6.45) is 6.73. The van der Waals surface area contributed by atoms with Crippen molar-refractivity contribution in [2.75, 3.05) is 13.1 Å². The molecule has 0 spiro atoms. The van der Waals surface area contributed by atoms with E-state index in [1.807, 2.05) is 0 Å². The molecule has 1 N–H and O–H groups in total. The van der Waals surface area contributed by atoms with Gasteiger partial charge in [-0.15, -0.1) is 0 Å². The summed E-state index contributed by atoms with van der Waals surface area (Å²) in [5.41, 5.74) is 0. The van der Waals surface area contributed by atoms with Gasteiger partial charge in [-0.25, -0.2) is 0 Å². The van der Waals surface area contributed by atoms with Crippen LogP contribution in [0.1, 0.15) is 52.4 Å². The van der Waals surface area contributed by atoms with Crippen LogP contribution in [0.25, 0.3) is 0 Å². The fourth-order valence-corrected chi connectivity index (χ4v) is 3.43. The van der Waals surface area contributed by atoms with Crippen LogP contribution in [-0.2, 0) is 4.79 Å². The predicted molar refractivity (Wildman–Crippen MR) is 69.8 cm³/mol. The first-order valence-electron chi connectivity index (χ1n) is 7.26. The molecule has 0 aromatic carbocycles. The van der Waals surface area contributed by atoms with Gasteiger partial charge in [0.25, 0.3) is 0 Å². The van der Waals surface area contributed by atoms with E-state index in [4.69, 9.17) is 0 Å². The summed E-state index contributed by atoms with van der Waals surface area (Å²) in [6, 6.07) is 0.953. The quantitative estimate of drug-likeness (QED) is 0.744. The smallest absolute Gasteiger partial charge is 0.223 e. The molecule has 2 rings (SSSR count). The lowest BCUT2D eigenvalue weighted by atomic mass is 10.0. The molecule has 2 saturated heterocycles. The number of unbranched alkanes of at least 4 members (excludes halogenated alkanes) is 3. The molecule has 0 aromatic rings. The highest BCUT2D eigenvalue weighted by Gasteiger charge is 2.43. The zero-order valence-electron chi connectivity index (χ0n) is 11.2. The first-order valence-corrected chi connectivity index (χ1v) is 7.26. The molecule has 3 atom stereocenters. The molecule has 2 heterocycles. The average Bonchev–Trinajstić information content (AvgIpc) is 2.83. The van der Waals surface area contributed by atoms with Crippen LogP contribution in [0.3, 0.4) is 0 Å². The summed E-state index contributed by atoms with van der Waals surface area (Å²) in [6.45, 7) is 6.53. The van der Waals surface area contributed by atoms with Crippen molar-refractivity contribution in [1.29, 1.82) is 0 Å². The van der Waals surface area contributed by atoms with E-state index < -0.39 is 0 Å². The summed E-state index contributed by atoms with van der Waals surface area (Å²) in [5.74, 6) is 1.11. The zero-order valence-corrected chi connectivity index (χ0v) is 11.2. The minimum Gasteiger partial charge on any atom is -0.335 e. The van der Waals surface area contributed by atoms with Crippen LogP contribution in [0, 0.1) is 5.92 Å². The van der Waals surface area contributed by atoms with Crippen molar-refractivity contribution in [3.63, 3.8) is 0 Å². The molecule has 1 amide bonds. The minimum atomic E-state index is 0.393. The number of hydrogen-bond donors (Lipinski definition) is 1. The van der Waals surface area contributed by atoms with Gasteiger partial charge < -0.3 is 10.2 Å². The largest absolute Gasteiger partial charge is 0.335 e. The van der Waals surface area contributed by atoms with Gasteiger partial charge in [0, 0.05) is 31.6 Å². The summed E-state index contributed by atoms with van der Waals surface area (Å²) in [4.78, 5) is 14.4. The van der Waals surface area contributed by atoms with E-state index in [-0.39, 0.29) is 0 Å². The van der Waals surface area contributed by atoms with Gasteiger partial charge in [0.05, 0.1) is 0 Å². The second-order valence-electron chi connectivity index (χ2n) is 5.68. The summed E-state index contributed by atoms with van der Waals surface area (Å²) in [7, 11) is 0. The molecule has 0 bridgehead atoms. The maximum atomic E-state index is 12.3. The van der Waals surface area contributed by atoms with Crippen molar-refractivity contribution in [2.45, 2.75) is 64.5 Å². The van der Waals surface area contributed by atoms with Crippen LogP contribution in [0.15, 0.2) is 0 Å². The minimum absolute atomic E-state index is 0.393.